The van der Waals surface area contributed by atoms with Crippen LogP contribution in [0.2, 0.25) is 0 Å². The van der Waals surface area contributed by atoms with E-state index in [-0.39, 0.29) is 17.5 Å². The van der Waals surface area contributed by atoms with Crippen molar-refractivity contribution in [3.8, 4) is 0 Å². The molecule has 0 heterocycles. The molecule has 3 amide bonds. The molecule has 0 spiro atoms. The van der Waals surface area contributed by atoms with E-state index >= 15 is 0 Å². The zero-order valence-corrected chi connectivity index (χ0v) is 27.3. The van der Waals surface area contributed by atoms with Gasteiger partial charge in [0.2, 0.25) is 5.91 Å². The number of aryl methyl sites for hydroxylation is 1. The number of halogens is 1. The van der Waals surface area contributed by atoms with Crippen LogP contribution >= 0.6 is 34.4 Å². The van der Waals surface area contributed by atoms with Gasteiger partial charge in [-0.3, -0.25) is 14.4 Å². The molecule has 6 nitrogen and oxygen atoms in total. The van der Waals surface area contributed by atoms with Gasteiger partial charge in [0.1, 0.15) is 10.9 Å². The number of amides is 3. The largest absolute Gasteiger partial charge is 0.325 e. The van der Waals surface area contributed by atoms with Gasteiger partial charge in [0.25, 0.3) is 11.8 Å². The Labute approximate surface area is 280 Å². The van der Waals surface area contributed by atoms with E-state index < -0.39 is 11.2 Å². The van der Waals surface area contributed by atoms with Crippen molar-refractivity contribution >= 4 is 69.5 Å². The van der Waals surface area contributed by atoms with Crippen LogP contribution in [-0.4, -0.2) is 17.7 Å². The summed E-state index contributed by atoms with van der Waals surface area (Å²) in [6.07, 6.45) is 1.66. The molecule has 5 rings (SSSR count). The molecule has 224 valence electrons. The molecule has 0 aliphatic rings. The second-order valence-corrected chi connectivity index (χ2v) is 12.6. The number of carbonyl (C=O) groups excluding carboxylic acids is 3. The Morgan fingerprint density at radius 2 is 1.33 bits per heavy atom. The third kappa shape index (κ3) is 9.17. The lowest BCUT2D eigenvalue weighted by molar-refractivity contribution is -0.116. The van der Waals surface area contributed by atoms with Crippen molar-refractivity contribution in [3.63, 3.8) is 0 Å². The summed E-state index contributed by atoms with van der Waals surface area (Å²) in [6, 6.07) is 41.0. The van der Waals surface area contributed by atoms with Gasteiger partial charge in [0.15, 0.2) is 0 Å². The van der Waals surface area contributed by atoms with Gasteiger partial charge in [-0.1, -0.05) is 78.4 Å². The normalized spacial score (nSPS) is 11.7. The van der Waals surface area contributed by atoms with Gasteiger partial charge in [-0.25, -0.2) is 0 Å². The Balaban J connectivity index is 1.32. The lowest BCUT2D eigenvalue weighted by Gasteiger charge is -2.17. The molecule has 0 radical (unpaired) electrons. The number of thioether (sulfide) groups is 1. The van der Waals surface area contributed by atoms with Gasteiger partial charge >= 0.3 is 0 Å². The van der Waals surface area contributed by atoms with E-state index in [4.69, 9.17) is 0 Å². The Morgan fingerprint density at radius 1 is 0.711 bits per heavy atom. The molecule has 0 aromatic heterocycles. The van der Waals surface area contributed by atoms with E-state index in [2.05, 4.69) is 38.5 Å². The number of anilines is 2. The third-order valence-corrected chi connectivity index (χ3v) is 8.69. The minimum Gasteiger partial charge on any atom is -0.325 e. The van der Waals surface area contributed by atoms with Crippen LogP contribution in [0.4, 0.5) is 11.4 Å². The molecule has 1 unspecified atom stereocenters. The molecular weight excluding hydrogens is 693 g/mol. The van der Waals surface area contributed by atoms with Crippen LogP contribution in [0.3, 0.4) is 0 Å². The first-order valence-corrected chi connectivity index (χ1v) is 16.1. The maximum atomic E-state index is 13.4. The van der Waals surface area contributed by atoms with E-state index in [0.29, 0.717) is 11.3 Å². The third-order valence-electron chi connectivity index (χ3n) is 6.70. The highest BCUT2D eigenvalue weighted by molar-refractivity contribution is 14.1. The van der Waals surface area contributed by atoms with Crippen molar-refractivity contribution < 1.29 is 14.4 Å². The number of carbonyl (C=O) groups is 3. The van der Waals surface area contributed by atoms with Crippen LogP contribution in [0, 0.1) is 10.5 Å². The average Bonchev–Trinajstić information content (AvgIpc) is 3.06. The fraction of sp³-hybridized carbons (Fsp3) is 0.0541. The number of hydrogen-bond acceptors (Lipinski definition) is 4. The SMILES string of the molecule is Cc1cccc(/C=C(\NC(=O)c2ccccc2)C(=O)Nc2ccc(SC(C(=O)Nc3ccc(I)cc3)c3ccccc3)cc2)c1. The summed E-state index contributed by atoms with van der Waals surface area (Å²) in [7, 11) is 0. The number of rotatable bonds is 10. The minimum absolute atomic E-state index is 0.115. The molecule has 0 bridgehead atoms. The van der Waals surface area contributed by atoms with Crippen molar-refractivity contribution in [1.82, 2.24) is 5.32 Å². The van der Waals surface area contributed by atoms with Crippen molar-refractivity contribution in [2.75, 3.05) is 10.6 Å². The minimum atomic E-state index is -0.497. The summed E-state index contributed by atoms with van der Waals surface area (Å²) in [6.45, 7) is 1.97. The summed E-state index contributed by atoms with van der Waals surface area (Å²) in [4.78, 5) is 40.7. The van der Waals surface area contributed by atoms with Crippen LogP contribution in [0.25, 0.3) is 6.08 Å². The zero-order chi connectivity index (χ0) is 31.6. The first-order chi connectivity index (χ1) is 21.8. The van der Waals surface area contributed by atoms with Crippen molar-refractivity contribution in [2.45, 2.75) is 17.1 Å². The summed E-state index contributed by atoms with van der Waals surface area (Å²) in [5.41, 5.74) is 4.54. The van der Waals surface area contributed by atoms with Gasteiger partial charge in [-0.05, 0) is 107 Å². The molecule has 8 heteroatoms. The summed E-state index contributed by atoms with van der Waals surface area (Å²) < 4.78 is 1.09. The quantitative estimate of drug-likeness (QED) is 0.0767. The number of hydrogen-bond donors (Lipinski definition) is 3. The molecule has 45 heavy (non-hydrogen) atoms. The monoisotopic (exact) mass is 723 g/mol. The zero-order valence-electron chi connectivity index (χ0n) is 24.4. The summed E-state index contributed by atoms with van der Waals surface area (Å²) in [5.74, 6) is -0.975. The van der Waals surface area contributed by atoms with Crippen LogP contribution in [0.1, 0.15) is 32.3 Å². The fourth-order valence-corrected chi connectivity index (χ4v) is 5.85. The molecule has 0 fully saturated rings. The number of benzene rings is 5. The first-order valence-electron chi connectivity index (χ1n) is 14.2. The topological polar surface area (TPSA) is 87.3 Å². The molecule has 1 atom stereocenters. The van der Waals surface area contributed by atoms with Gasteiger partial charge in [0.05, 0.1) is 0 Å². The lowest BCUT2D eigenvalue weighted by Crippen LogP contribution is -2.30. The maximum Gasteiger partial charge on any atom is 0.272 e. The second kappa shape index (κ2) is 15.4. The van der Waals surface area contributed by atoms with Crippen LogP contribution in [0.5, 0.6) is 0 Å². The second-order valence-electron chi connectivity index (χ2n) is 10.2. The van der Waals surface area contributed by atoms with Gasteiger partial charge in [0, 0.05) is 25.4 Å². The highest BCUT2D eigenvalue weighted by Crippen LogP contribution is 2.37. The maximum absolute atomic E-state index is 13.4. The predicted octanol–water partition coefficient (Wildman–Crippen LogP) is 8.48. The summed E-state index contributed by atoms with van der Waals surface area (Å²) >= 11 is 3.65. The molecular formula is C37H30IN3O3S. The van der Waals surface area contributed by atoms with E-state index in [1.54, 1.807) is 42.5 Å². The Morgan fingerprint density at radius 3 is 2.00 bits per heavy atom. The van der Waals surface area contributed by atoms with E-state index in [1.165, 1.54) is 11.8 Å². The molecule has 0 saturated carbocycles. The average molecular weight is 724 g/mol. The van der Waals surface area contributed by atoms with E-state index in [9.17, 15) is 14.4 Å². The van der Waals surface area contributed by atoms with Crippen LogP contribution in [0.15, 0.2) is 144 Å². The van der Waals surface area contributed by atoms with Gasteiger partial charge in [-0.15, -0.1) is 11.8 Å². The van der Waals surface area contributed by atoms with Gasteiger partial charge < -0.3 is 16.0 Å². The standard InChI is InChI=1S/C37H30IN3O3S/c1-25-9-8-10-26(23-25)24-33(41-35(42)28-13-6-3-7-14-28)36(43)39-31-19-21-32(22-20-31)45-34(27-11-4-2-5-12-27)37(44)40-30-17-15-29(38)16-18-30/h2-24,34H,1H3,(H,39,43)(H,40,44)(H,41,42)/b33-24-. The molecule has 0 aliphatic carbocycles. The lowest BCUT2D eigenvalue weighted by atomic mass is 10.1. The highest BCUT2D eigenvalue weighted by Gasteiger charge is 2.22. The molecule has 0 aliphatic heterocycles. The summed E-state index contributed by atoms with van der Waals surface area (Å²) in [5, 5.41) is 8.20. The smallest absolute Gasteiger partial charge is 0.272 e. The van der Waals surface area contributed by atoms with Crippen LogP contribution in [-0.2, 0) is 9.59 Å². The van der Waals surface area contributed by atoms with E-state index in [0.717, 1.165) is 30.8 Å². The molecule has 5 aromatic carbocycles. The molecule has 0 saturated heterocycles. The fourth-order valence-electron chi connectivity index (χ4n) is 4.46. The predicted molar refractivity (Wildman–Crippen MR) is 191 cm³/mol. The van der Waals surface area contributed by atoms with Crippen molar-refractivity contribution in [2.24, 2.45) is 0 Å². The Hall–Kier alpha value is -4.67. The van der Waals surface area contributed by atoms with Crippen LogP contribution < -0.4 is 16.0 Å². The van der Waals surface area contributed by atoms with Gasteiger partial charge in [-0.2, -0.15) is 0 Å². The number of nitrogens with one attached hydrogen (secondary N) is 3. The molecule has 5 aromatic rings. The Bertz CT molecular complexity index is 1810. The van der Waals surface area contributed by atoms with Crippen molar-refractivity contribution in [1.29, 1.82) is 0 Å². The van der Waals surface area contributed by atoms with Crippen molar-refractivity contribution in [3.05, 3.63) is 165 Å². The highest BCUT2D eigenvalue weighted by atomic mass is 127. The molecule has 3 N–H and O–H groups in total. The van der Waals surface area contributed by atoms with E-state index in [1.807, 2.05) is 104 Å². The first kappa shape index (κ1) is 31.7. The Kier molecular flexibility index (Phi) is 10.8.